The molecule has 7 heteroatoms. The van der Waals surface area contributed by atoms with Gasteiger partial charge in [0, 0.05) is 5.69 Å². The van der Waals surface area contributed by atoms with Gasteiger partial charge < -0.3 is 14.8 Å². The highest BCUT2D eigenvalue weighted by Gasteiger charge is 2.52. The minimum Gasteiger partial charge on any atom is -0.494 e. The summed E-state index contributed by atoms with van der Waals surface area (Å²) in [4.78, 5) is 25.6. The van der Waals surface area contributed by atoms with E-state index in [1.807, 2.05) is 19.1 Å². The molecule has 0 saturated heterocycles. The summed E-state index contributed by atoms with van der Waals surface area (Å²) in [5.41, 5.74) is 0.668. The van der Waals surface area contributed by atoms with Gasteiger partial charge in [0.25, 0.3) is 0 Å². The van der Waals surface area contributed by atoms with Crippen LogP contribution in [-0.2, 0) is 14.3 Å². The first kappa shape index (κ1) is 20.0. The molecule has 0 aliphatic heterocycles. The van der Waals surface area contributed by atoms with Crippen molar-refractivity contribution >= 4 is 40.8 Å². The van der Waals surface area contributed by atoms with E-state index in [0.29, 0.717) is 12.3 Å². The first-order valence-corrected chi connectivity index (χ1v) is 10.2. The summed E-state index contributed by atoms with van der Waals surface area (Å²) in [5.74, 6) is -0.457. The number of anilines is 1. The molecule has 2 aliphatic rings. The number of ether oxygens (including phenoxy) is 2. The van der Waals surface area contributed by atoms with Crippen molar-refractivity contribution in [2.75, 3.05) is 23.7 Å². The van der Waals surface area contributed by atoms with Crippen molar-refractivity contribution in [3.8, 4) is 5.75 Å². The Labute approximate surface area is 169 Å². The van der Waals surface area contributed by atoms with Gasteiger partial charge in [-0.25, -0.2) is 0 Å². The third kappa shape index (κ3) is 4.41. The first-order chi connectivity index (χ1) is 13.1. The molecule has 146 valence electrons. The molecular formula is C20H23Cl2NO4. The number of hydrogen-bond acceptors (Lipinski definition) is 4. The Morgan fingerprint density at radius 3 is 2.33 bits per heavy atom. The number of alkyl halides is 2. The van der Waals surface area contributed by atoms with Crippen molar-refractivity contribution in [2.24, 2.45) is 23.7 Å². The number of fused-ring (bicyclic) bond motifs is 2. The van der Waals surface area contributed by atoms with Crippen molar-refractivity contribution in [2.45, 2.75) is 19.4 Å². The van der Waals surface area contributed by atoms with E-state index in [4.69, 9.17) is 32.7 Å². The number of esters is 1. The predicted octanol–water partition coefficient (Wildman–Crippen LogP) is 3.85. The molecule has 27 heavy (non-hydrogen) atoms. The third-order valence-electron chi connectivity index (χ3n) is 5.09. The molecular weight excluding hydrogens is 389 g/mol. The fourth-order valence-corrected chi connectivity index (χ4v) is 4.33. The lowest BCUT2D eigenvalue weighted by atomic mass is 9.82. The monoisotopic (exact) mass is 411 g/mol. The molecule has 1 aromatic carbocycles. The largest absolute Gasteiger partial charge is 0.494 e. The maximum atomic E-state index is 12.9. The van der Waals surface area contributed by atoms with E-state index >= 15 is 0 Å². The van der Waals surface area contributed by atoms with Gasteiger partial charge in [-0.15, -0.1) is 23.2 Å². The van der Waals surface area contributed by atoms with Crippen LogP contribution in [0.25, 0.3) is 0 Å². The predicted molar refractivity (Wildman–Crippen MR) is 105 cm³/mol. The van der Waals surface area contributed by atoms with E-state index in [2.05, 4.69) is 5.32 Å². The molecule has 4 atom stereocenters. The zero-order valence-corrected chi connectivity index (χ0v) is 16.6. The number of carbonyl (C=O) groups is 2. The molecule has 2 aliphatic carbocycles. The summed E-state index contributed by atoms with van der Waals surface area (Å²) in [5, 5.41) is 2.92. The minimum absolute atomic E-state index is 0.0184. The van der Waals surface area contributed by atoms with E-state index in [-0.39, 0.29) is 29.5 Å². The highest BCUT2D eigenvalue weighted by Crippen LogP contribution is 2.49. The van der Waals surface area contributed by atoms with E-state index in [1.165, 1.54) is 0 Å². The van der Waals surface area contributed by atoms with Crippen molar-refractivity contribution < 1.29 is 19.1 Å². The Kier molecular flexibility index (Phi) is 6.66. The van der Waals surface area contributed by atoms with Crippen LogP contribution >= 0.6 is 23.2 Å². The van der Waals surface area contributed by atoms with Crippen LogP contribution in [-0.4, -0.2) is 36.3 Å². The zero-order valence-electron chi connectivity index (χ0n) is 15.1. The van der Waals surface area contributed by atoms with Gasteiger partial charge in [-0.1, -0.05) is 12.2 Å². The van der Waals surface area contributed by atoms with Crippen LogP contribution in [0.1, 0.15) is 13.3 Å². The fourth-order valence-electron chi connectivity index (χ4n) is 3.87. The lowest BCUT2D eigenvalue weighted by Gasteiger charge is -2.27. The molecule has 3 rings (SSSR count). The third-order valence-corrected chi connectivity index (χ3v) is 5.78. The second-order valence-corrected chi connectivity index (χ2v) is 7.43. The van der Waals surface area contributed by atoms with E-state index in [0.717, 1.165) is 12.2 Å². The highest BCUT2D eigenvalue weighted by atomic mass is 35.5. The smallest absolute Gasteiger partial charge is 0.310 e. The van der Waals surface area contributed by atoms with Crippen LogP contribution in [0.4, 0.5) is 5.69 Å². The molecule has 1 amide bonds. The standard InChI is InChI=1S/C20H23Cl2NO4/c1-2-26-15-7-5-14(6-8-15)23-19(24)17-12-3-4-13(9-12)18(17)20(25)27-16(10-21)11-22/h3-8,12-13,16-18H,2,9-11H2,1H3,(H,23,24)/t12-,13+,17-,18+/m1/s1. The van der Waals surface area contributed by atoms with Crippen LogP contribution in [0, 0.1) is 23.7 Å². The molecule has 1 aromatic rings. The molecule has 0 aromatic heterocycles. The van der Waals surface area contributed by atoms with Crippen molar-refractivity contribution in [1.82, 2.24) is 0 Å². The number of carbonyl (C=O) groups excluding carboxylic acids is 2. The Balaban J connectivity index is 1.70. The summed E-state index contributed by atoms with van der Waals surface area (Å²) < 4.78 is 10.8. The maximum Gasteiger partial charge on any atom is 0.310 e. The molecule has 1 fully saturated rings. The summed E-state index contributed by atoms with van der Waals surface area (Å²) in [6.07, 6.45) is 4.28. The normalized spacial score (nSPS) is 25.6. The lowest BCUT2D eigenvalue weighted by molar-refractivity contribution is -0.156. The van der Waals surface area contributed by atoms with E-state index < -0.39 is 23.9 Å². The average molecular weight is 412 g/mol. The molecule has 0 radical (unpaired) electrons. The summed E-state index contributed by atoms with van der Waals surface area (Å²) >= 11 is 11.5. The van der Waals surface area contributed by atoms with Crippen molar-refractivity contribution in [3.63, 3.8) is 0 Å². The van der Waals surface area contributed by atoms with E-state index in [9.17, 15) is 9.59 Å². The zero-order chi connectivity index (χ0) is 19.4. The molecule has 0 heterocycles. The number of halogens is 2. The number of amides is 1. The van der Waals surface area contributed by atoms with Gasteiger partial charge in [0.2, 0.25) is 5.91 Å². The van der Waals surface area contributed by atoms with Gasteiger partial charge in [-0.05, 0) is 49.4 Å². The molecule has 5 nitrogen and oxygen atoms in total. The molecule has 2 bridgehead atoms. The van der Waals surface area contributed by atoms with Crippen LogP contribution < -0.4 is 10.1 Å². The van der Waals surface area contributed by atoms with Gasteiger partial charge in [-0.3, -0.25) is 9.59 Å². The summed E-state index contributed by atoms with van der Waals surface area (Å²) in [7, 11) is 0. The number of benzene rings is 1. The van der Waals surface area contributed by atoms with E-state index in [1.54, 1.807) is 24.3 Å². The Morgan fingerprint density at radius 2 is 1.74 bits per heavy atom. The molecule has 1 N–H and O–H groups in total. The Hall–Kier alpha value is -1.72. The molecule has 0 spiro atoms. The Bertz CT molecular complexity index is 702. The number of nitrogens with one attached hydrogen (secondary N) is 1. The van der Waals surface area contributed by atoms with Crippen LogP contribution in [0.3, 0.4) is 0 Å². The number of hydrogen-bond donors (Lipinski definition) is 1. The van der Waals surface area contributed by atoms with Crippen LogP contribution in [0.15, 0.2) is 36.4 Å². The summed E-state index contributed by atoms with van der Waals surface area (Å²) in [6, 6.07) is 7.18. The lowest BCUT2D eigenvalue weighted by Crippen LogP contribution is -2.39. The fraction of sp³-hybridized carbons (Fsp3) is 0.500. The first-order valence-electron chi connectivity index (χ1n) is 9.11. The van der Waals surface area contributed by atoms with Gasteiger partial charge in [0.1, 0.15) is 11.9 Å². The second kappa shape index (κ2) is 8.98. The Morgan fingerprint density at radius 1 is 1.11 bits per heavy atom. The summed E-state index contributed by atoms with van der Waals surface area (Å²) in [6.45, 7) is 2.50. The topological polar surface area (TPSA) is 64.6 Å². The SMILES string of the molecule is CCOc1ccc(NC(=O)[C@H]2[C@@H](C(=O)OC(CCl)CCl)[C@H]3C=C[C@@H]2C3)cc1. The van der Waals surface area contributed by atoms with Crippen LogP contribution in [0.5, 0.6) is 5.75 Å². The van der Waals surface area contributed by atoms with Gasteiger partial charge in [0.15, 0.2) is 0 Å². The molecule has 0 unspecified atom stereocenters. The van der Waals surface area contributed by atoms with Gasteiger partial charge >= 0.3 is 5.97 Å². The minimum atomic E-state index is -0.543. The molecule has 1 saturated carbocycles. The van der Waals surface area contributed by atoms with Crippen molar-refractivity contribution in [1.29, 1.82) is 0 Å². The number of rotatable bonds is 8. The average Bonchev–Trinajstić information content (AvgIpc) is 3.29. The van der Waals surface area contributed by atoms with Crippen LogP contribution in [0.2, 0.25) is 0 Å². The van der Waals surface area contributed by atoms with Crippen molar-refractivity contribution in [3.05, 3.63) is 36.4 Å². The number of allylic oxidation sites excluding steroid dienone is 2. The second-order valence-electron chi connectivity index (χ2n) is 6.81. The highest BCUT2D eigenvalue weighted by molar-refractivity contribution is 6.21. The maximum absolute atomic E-state index is 12.9. The van der Waals surface area contributed by atoms with Gasteiger partial charge in [0.05, 0.1) is 30.2 Å². The quantitative estimate of drug-likeness (QED) is 0.400. The van der Waals surface area contributed by atoms with Gasteiger partial charge in [-0.2, -0.15) is 0 Å².